The number of benzene rings is 1. The summed E-state index contributed by atoms with van der Waals surface area (Å²) in [6, 6.07) is 1.30. The van der Waals surface area contributed by atoms with Crippen molar-refractivity contribution in [2.75, 3.05) is 0 Å². The first-order chi connectivity index (χ1) is 9.31. The second-order valence-corrected chi connectivity index (χ2v) is 4.18. The van der Waals surface area contributed by atoms with Crippen molar-refractivity contribution in [1.82, 2.24) is 5.32 Å². The molecule has 0 heterocycles. The van der Waals surface area contributed by atoms with E-state index in [1.165, 1.54) is 0 Å². The highest BCUT2D eigenvalue weighted by Crippen LogP contribution is 2.13. The van der Waals surface area contributed by atoms with E-state index in [2.05, 4.69) is 5.32 Å². The van der Waals surface area contributed by atoms with Crippen molar-refractivity contribution in [2.45, 2.75) is 25.8 Å². The maximum atomic E-state index is 13.3. The number of Topliss-reactive ketones (excluding diaryl/α,β-unsaturated/α-hetero) is 1. The predicted octanol–water partition coefficient (Wildman–Crippen LogP) is 1.52. The summed E-state index contributed by atoms with van der Waals surface area (Å²) >= 11 is 0. The number of hydrogen-bond donors (Lipinski definition) is 2. The van der Waals surface area contributed by atoms with Gasteiger partial charge < -0.3 is 10.4 Å². The van der Waals surface area contributed by atoms with E-state index in [0.717, 1.165) is 19.1 Å². The normalized spacial score (nSPS) is 11.8. The van der Waals surface area contributed by atoms with E-state index in [0.29, 0.717) is 6.07 Å². The maximum absolute atomic E-state index is 13.3. The van der Waals surface area contributed by atoms with Crippen LogP contribution in [0.4, 0.5) is 8.78 Å². The van der Waals surface area contributed by atoms with Gasteiger partial charge in [-0.25, -0.2) is 13.6 Å². The third-order valence-corrected chi connectivity index (χ3v) is 2.57. The molecule has 108 valence electrons. The second-order valence-electron chi connectivity index (χ2n) is 4.18. The molecule has 20 heavy (non-hydrogen) atoms. The lowest BCUT2D eigenvalue weighted by molar-refractivity contribution is -0.141. The van der Waals surface area contributed by atoms with Crippen LogP contribution in [0.2, 0.25) is 0 Å². The van der Waals surface area contributed by atoms with Gasteiger partial charge in [0.05, 0.1) is 5.56 Å². The molecule has 0 saturated heterocycles. The van der Waals surface area contributed by atoms with Crippen LogP contribution in [0.5, 0.6) is 0 Å². The SMILES string of the molecule is CC(=O)NC(CCC(=O)c1ccc(F)cc1F)C(=O)O. The molecule has 1 aromatic carbocycles. The summed E-state index contributed by atoms with van der Waals surface area (Å²) in [7, 11) is 0. The van der Waals surface area contributed by atoms with Gasteiger partial charge in [0.25, 0.3) is 0 Å². The van der Waals surface area contributed by atoms with Gasteiger partial charge >= 0.3 is 5.97 Å². The zero-order chi connectivity index (χ0) is 15.3. The van der Waals surface area contributed by atoms with Crippen molar-refractivity contribution < 1.29 is 28.3 Å². The Morgan fingerprint density at radius 3 is 2.45 bits per heavy atom. The fourth-order valence-corrected chi connectivity index (χ4v) is 1.63. The van der Waals surface area contributed by atoms with Crippen molar-refractivity contribution in [2.24, 2.45) is 0 Å². The number of hydrogen-bond acceptors (Lipinski definition) is 3. The van der Waals surface area contributed by atoms with Gasteiger partial charge in [0.2, 0.25) is 5.91 Å². The molecule has 0 saturated carbocycles. The largest absolute Gasteiger partial charge is 0.480 e. The third kappa shape index (κ3) is 4.42. The molecule has 1 amide bonds. The van der Waals surface area contributed by atoms with Crippen LogP contribution in [0.3, 0.4) is 0 Å². The van der Waals surface area contributed by atoms with Gasteiger partial charge in [-0.3, -0.25) is 9.59 Å². The Balaban J connectivity index is 2.70. The molecule has 1 unspecified atom stereocenters. The minimum absolute atomic E-state index is 0.176. The molecule has 0 spiro atoms. The molecule has 0 aliphatic rings. The molecule has 0 bridgehead atoms. The van der Waals surface area contributed by atoms with E-state index < -0.39 is 35.3 Å². The van der Waals surface area contributed by atoms with Gasteiger partial charge in [0.15, 0.2) is 5.78 Å². The predicted molar refractivity (Wildman–Crippen MR) is 65.2 cm³/mol. The molecule has 2 N–H and O–H groups in total. The Morgan fingerprint density at radius 1 is 1.30 bits per heavy atom. The highest BCUT2D eigenvalue weighted by molar-refractivity contribution is 5.96. The summed E-state index contributed by atoms with van der Waals surface area (Å²) in [4.78, 5) is 33.4. The highest BCUT2D eigenvalue weighted by atomic mass is 19.1. The Hall–Kier alpha value is -2.31. The molecular weight excluding hydrogens is 272 g/mol. The average Bonchev–Trinajstić information content (AvgIpc) is 2.33. The number of halogens is 2. The van der Waals surface area contributed by atoms with Crippen LogP contribution >= 0.6 is 0 Å². The van der Waals surface area contributed by atoms with Crippen LogP contribution in [0, 0.1) is 11.6 Å². The van der Waals surface area contributed by atoms with Crippen LogP contribution in [-0.2, 0) is 9.59 Å². The van der Waals surface area contributed by atoms with Crippen LogP contribution in [0.15, 0.2) is 18.2 Å². The summed E-state index contributed by atoms with van der Waals surface area (Å²) in [6.07, 6.45) is -0.454. The Bertz CT molecular complexity index is 545. The lowest BCUT2D eigenvalue weighted by Gasteiger charge is -2.12. The highest BCUT2D eigenvalue weighted by Gasteiger charge is 2.21. The van der Waals surface area contributed by atoms with E-state index >= 15 is 0 Å². The zero-order valence-corrected chi connectivity index (χ0v) is 10.7. The Labute approximate surface area is 113 Å². The van der Waals surface area contributed by atoms with Crippen LogP contribution < -0.4 is 5.32 Å². The minimum Gasteiger partial charge on any atom is -0.480 e. The quantitative estimate of drug-likeness (QED) is 0.776. The van der Waals surface area contributed by atoms with Crippen molar-refractivity contribution in [3.63, 3.8) is 0 Å². The third-order valence-electron chi connectivity index (χ3n) is 2.57. The van der Waals surface area contributed by atoms with Gasteiger partial charge in [-0.2, -0.15) is 0 Å². The fraction of sp³-hybridized carbons (Fsp3) is 0.308. The molecule has 5 nitrogen and oxygen atoms in total. The summed E-state index contributed by atoms with van der Waals surface area (Å²) in [5.41, 5.74) is -0.307. The lowest BCUT2D eigenvalue weighted by atomic mass is 10.0. The summed E-state index contributed by atoms with van der Waals surface area (Å²) < 4.78 is 26.0. The maximum Gasteiger partial charge on any atom is 0.326 e. The topological polar surface area (TPSA) is 83.5 Å². The number of carbonyl (C=O) groups excluding carboxylic acids is 2. The van der Waals surface area contributed by atoms with Gasteiger partial charge in [-0.05, 0) is 18.6 Å². The summed E-state index contributed by atoms with van der Waals surface area (Å²) in [5, 5.41) is 11.0. The molecule has 0 aromatic heterocycles. The number of carboxylic acids is 1. The minimum atomic E-state index is -1.28. The number of rotatable bonds is 6. The molecule has 1 aromatic rings. The van der Waals surface area contributed by atoms with Crippen LogP contribution in [0.1, 0.15) is 30.1 Å². The van der Waals surface area contributed by atoms with Crippen LogP contribution in [0.25, 0.3) is 0 Å². The Kier molecular flexibility index (Phi) is 5.31. The first kappa shape index (κ1) is 15.7. The van der Waals surface area contributed by atoms with Gasteiger partial charge in [-0.15, -0.1) is 0 Å². The molecule has 7 heteroatoms. The second kappa shape index (κ2) is 6.74. The molecule has 0 aliphatic carbocycles. The van der Waals surface area contributed by atoms with E-state index in [1.807, 2.05) is 0 Å². The lowest BCUT2D eigenvalue weighted by Crippen LogP contribution is -2.39. The number of nitrogens with one attached hydrogen (secondary N) is 1. The van der Waals surface area contributed by atoms with Gasteiger partial charge in [0.1, 0.15) is 17.7 Å². The fourth-order valence-electron chi connectivity index (χ4n) is 1.63. The number of amides is 1. The van der Waals surface area contributed by atoms with Crippen molar-refractivity contribution in [1.29, 1.82) is 0 Å². The monoisotopic (exact) mass is 285 g/mol. The van der Waals surface area contributed by atoms with Gasteiger partial charge in [-0.1, -0.05) is 0 Å². The molecule has 1 atom stereocenters. The van der Waals surface area contributed by atoms with E-state index in [1.54, 1.807) is 0 Å². The van der Waals surface area contributed by atoms with Gasteiger partial charge in [0, 0.05) is 19.4 Å². The zero-order valence-electron chi connectivity index (χ0n) is 10.7. The van der Waals surface area contributed by atoms with E-state index in [9.17, 15) is 23.2 Å². The number of carbonyl (C=O) groups is 3. The smallest absolute Gasteiger partial charge is 0.326 e. The standard InChI is InChI=1S/C13H13F2NO4/c1-7(17)16-11(13(19)20)4-5-12(18)9-3-2-8(14)6-10(9)15/h2-3,6,11H,4-5H2,1H3,(H,16,17)(H,19,20). The van der Waals surface area contributed by atoms with Crippen molar-refractivity contribution in [3.8, 4) is 0 Å². The molecule has 1 rings (SSSR count). The van der Waals surface area contributed by atoms with E-state index in [4.69, 9.17) is 5.11 Å². The first-order valence-electron chi connectivity index (χ1n) is 5.79. The molecule has 0 aliphatic heterocycles. The molecule has 0 fully saturated rings. The first-order valence-corrected chi connectivity index (χ1v) is 5.79. The number of carboxylic acid groups (broad SMARTS) is 1. The Morgan fingerprint density at radius 2 is 1.95 bits per heavy atom. The van der Waals surface area contributed by atoms with Crippen LogP contribution in [-0.4, -0.2) is 28.8 Å². The number of aliphatic carboxylic acids is 1. The molecule has 0 radical (unpaired) electrons. The van der Waals surface area contributed by atoms with Crippen molar-refractivity contribution in [3.05, 3.63) is 35.4 Å². The van der Waals surface area contributed by atoms with E-state index in [-0.39, 0.29) is 18.4 Å². The average molecular weight is 285 g/mol. The summed E-state index contributed by atoms with van der Waals surface area (Å²) in [6.45, 7) is 1.15. The number of ketones is 1. The molecular formula is C13H13F2NO4. The summed E-state index contributed by atoms with van der Waals surface area (Å²) in [5.74, 6) is -4.29. The van der Waals surface area contributed by atoms with Crippen molar-refractivity contribution >= 4 is 17.7 Å².